The Labute approximate surface area is 118 Å². The van der Waals surface area contributed by atoms with Gasteiger partial charge in [-0.25, -0.2) is 13.7 Å². The monoisotopic (exact) mass is 284 g/mol. The number of methoxy groups -OCH3 is 1. The highest BCUT2D eigenvalue weighted by Crippen LogP contribution is 2.43. The first-order valence-corrected chi connectivity index (χ1v) is 7.33. The van der Waals surface area contributed by atoms with Crippen molar-refractivity contribution in [3.63, 3.8) is 0 Å². The van der Waals surface area contributed by atoms with Crippen LogP contribution < -0.4 is 4.74 Å². The van der Waals surface area contributed by atoms with Crippen LogP contribution in [0.1, 0.15) is 45.2 Å². The summed E-state index contributed by atoms with van der Waals surface area (Å²) in [5, 5.41) is 0. The number of halogens is 1. The van der Waals surface area contributed by atoms with E-state index >= 15 is 0 Å². The Balaban J connectivity index is 2.27. The van der Waals surface area contributed by atoms with Gasteiger partial charge in [0.25, 0.3) is 0 Å². The number of nitrogens with zero attached hydrogens (tertiary/aromatic N) is 2. The molecule has 2 heterocycles. The van der Waals surface area contributed by atoms with Crippen LogP contribution in [0.3, 0.4) is 0 Å². The average Bonchev–Trinajstić information content (AvgIpc) is 2.74. The maximum Gasteiger partial charge on any atom is 0.218 e. The summed E-state index contributed by atoms with van der Waals surface area (Å²) in [7, 11) is 1.58. The molecule has 1 aliphatic rings. The number of pyridine rings is 1. The van der Waals surface area contributed by atoms with Gasteiger partial charge in [-0.3, -0.25) is 0 Å². The van der Waals surface area contributed by atoms with Crippen molar-refractivity contribution in [3.05, 3.63) is 23.6 Å². The fourth-order valence-corrected chi connectivity index (χ4v) is 3.63. The lowest BCUT2D eigenvalue weighted by molar-refractivity contribution is 0.366. The molecule has 0 radical (unpaired) electrons. The second-order valence-electron chi connectivity index (χ2n) is 5.75. The minimum absolute atomic E-state index is 0.149. The molecule has 0 aliphatic carbocycles. The molecule has 2 rings (SSSR count). The number of ether oxygens (including phenoxy) is 1. The van der Waals surface area contributed by atoms with Crippen LogP contribution in [0.5, 0.6) is 5.88 Å². The van der Waals surface area contributed by atoms with Gasteiger partial charge in [0.15, 0.2) is 0 Å². The van der Waals surface area contributed by atoms with Gasteiger partial charge in [-0.15, -0.1) is 0 Å². The minimum Gasteiger partial charge on any atom is -0.481 e. The first-order valence-electron chi connectivity index (χ1n) is 6.56. The number of rotatable bonds is 3. The fraction of sp³-hybridized carbons (Fsp3) is 0.643. The van der Waals surface area contributed by atoms with Crippen molar-refractivity contribution in [3.8, 4) is 5.88 Å². The topological polar surface area (TPSA) is 25.4 Å². The van der Waals surface area contributed by atoms with Gasteiger partial charge in [0, 0.05) is 16.9 Å². The van der Waals surface area contributed by atoms with Crippen LogP contribution in [-0.4, -0.2) is 27.7 Å². The summed E-state index contributed by atoms with van der Waals surface area (Å²) in [4.78, 5) is 4.04. The Morgan fingerprint density at radius 1 is 1.47 bits per heavy atom. The normalized spacial score (nSPS) is 20.8. The summed E-state index contributed by atoms with van der Waals surface area (Å²) in [6, 6.07) is 1.74. The number of hydrogen-bond acceptors (Lipinski definition) is 4. The second kappa shape index (κ2) is 5.67. The Morgan fingerprint density at radius 2 is 2.21 bits per heavy atom. The van der Waals surface area contributed by atoms with Crippen molar-refractivity contribution < 1.29 is 9.13 Å². The van der Waals surface area contributed by atoms with Gasteiger partial charge >= 0.3 is 0 Å². The van der Waals surface area contributed by atoms with E-state index in [1.165, 1.54) is 6.20 Å². The lowest BCUT2D eigenvalue weighted by Crippen LogP contribution is -2.23. The molecule has 1 saturated heterocycles. The van der Waals surface area contributed by atoms with Crippen molar-refractivity contribution in [2.24, 2.45) is 0 Å². The zero-order valence-corrected chi connectivity index (χ0v) is 12.8. The van der Waals surface area contributed by atoms with Gasteiger partial charge in [0.05, 0.1) is 19.3 Å². The van der Waals surface area contributed by atoms with E-state index in [0.717, 1.165) is 24.9 Å². The quantitative estimate of drug-likeness (QED) is 0.788. The Morgan fingerprint density at radius 3 is 2.84 bits per heavy atom. The molecule has 0 bridgehead atoms. The third kappa shape index (κ3) is 3.60. The highest BCUT2D eigenvalue weighted by Gasteiger charge is 2.32. The molecule has 1 atom stereocenters. The predicted octanol–water partition coefficient (Wildman–Crippen LogP) is 3.81. The van der Waals surface area contributed by atoms with Crippen LogP contribution in [-0.2, 0) is 0 Å². The van der Waals surface area contributed by atoms with E-state index < -0.39 is 0 Å². The molecule has 0 amide bonds. The third-order valence-corrected chi connectivity index (χ3v) is 4.21. The average molecular weight is 284 g/mol. The van der Waals surface area contributed by atoms with Crippen molar-refractivity contribution in [1.29, 1.82) is 0 Å². The van der Waals surface area contributed by atoms with Crippen LogP contribution in [0, 0.1) is 5.82 Å². The van der Waals surface area contributed by atoms with Crippen LogP contribution in [0.25, 0.3) is 0 Å². The molecule has 1 fully saturated rings. The first-order chi connectivity index (χ1) is 8.90. The molecule has 5 heteroatoms. The maximum absolute atomic E-state index is 13.5. The van der Waals surface area contributed by atoms with E-state index in [9.17, 15) is 4.39 Å². The Hall–Kier alpha value is -0.810. The Bertz CT molecular complexity index is 448. The van der Waals surface area contributed by atoms with E-state index in [1.54, 1.807) is 13.2 Å². The van der Waals surface area contributed by atoms with E-state index in [4.69, 9.17) is 4.74 Å². The van der Waals surface area contributed by atoms with Gasteiger partial charge in [0.1, 0.15) is 5.82 Å². The van der Waals surface area contributed by atoms with Gasteiger partial charge in [-0.05, 0) is 39.7 Å². The van der Waals surface area contributed by atoms with E-state index in [2.05, 4.69) is 30.1 Å². The van der Waals surface area contributed by atoms with Gasteiger partial charge < -0.3 is 4.74 Å². The van der Waals surface area contributed by atoms with Crippen LogP contribution >= 0.6 is 11.9 Å². The molecular weight excluding hydrogens is 263 g/mol. The lowest BCUT2D eigenvalue weighted by atomic mass is 10.1. The molecule has 106 valence electrons. The van der Waals surface area contributed by atoms with Crippen molar-refractivity contribution in [2.45, 2.75) is 44.4 Å². The first kappa shape index (κ1) is 14.6. The van der Waals surface area contributed by atoms with E-state index in [0.29, 0.717) is 5.88 Å². The molecule has 0 N–H and O–H groups in total. The van der Waals surface area contributed by atoms with Crippen LogP contribution in [0.2, 0.25) is 0 Å². The summed E-state index contributed by atoms with van der Waals surface area (Å²) < 4.78 is 21.2. The molecule has 0 spiro atoms. The van der Waals surface area contributed by atoms with Crippen molar-refractivity contribution >= 4 is 11.9 Å². The van der Waals surface area contributed by atoms with E-state index in [-0.39, 0.29) is 16.6 Å². The third-order valence-electron chi connectivity index (χ3n) is 2.99. The van der Waals surface area contributed by atoms with Gasteiger partial charge in [-0.2, -0.15) is 0 Å². The summed E-state index contributed by atoms with van der Waals surface area (Å²) in [6.45, 7) is 7.59. The SMILES string of the molecule is COc1ncc(F)cc1[C@@H]1CCCN1SC(C)(C)C. The van der Waals surface area contributed by atoms with Gasteiger partial charge in [-0.1, -0.05) is 11.9 Å². The summed E-state index contributed by atoms with van der Waals surface area (Å²) >= 11 is 1.82. The summed E-state index contributed by atoms with van der Waals surface area (Å²) in [6.07, 6.45) is 3.34. The molecular formula is C14H21FN2OS. The minimum atomic E-state index is -0.302. The molecule has 0 aromatic carbocycles. The predicted molar refractivity (Wildman–Crippen MR) is 76.8 cm³/mol. The zero-order valence-electron chi connectivity index (χ0n) is 11.9. The molecule has 1 aromatic rings. The second-order valence-corrected chi connectivity index (χ2v) is 7.63. The zero-order chi connectivity index (χ0) is 14.0. The molecule has 19 heavy (non-hydrogen) atoms. The highest BCUT2D eigenvalue weighted by molar-refractivity contribution is 7.98. The molecule has 3 nitrogen and oxygen atoms in total. The van der Waals surface area contributed by atoms with Crippen molar-refractivity contribution in [2.75, 3.05) is 13.7 Å². The summed E-state index contributed by atoms with van der Waals surface area (Å²) in [5.41, 5.74) is 0.858. The van der Waals surface area contributed by atoms with E-state index in [1.807, 2.05) is 11.9 Å². The lowest BCUT2D eigenvalue weighted by Gasteiger charge is -2.30. The van der Waals surface area contributed by atoms with Crippen LogP contribution in [0.4, 0.5) is 4.39 Å². The molecule has 0 unspecified atom stereocenters. The molecule has 0 saturated carbocycles. The summed E-state index contributed by atoms with van der Waals surface area (Å²) in [5.74, 6) is 0.233. The molecule has 1 aromatic heterocycles. The smallest absolute Gasteiger partial charge is 0.218 e. The number of aromatic nitrogens is 1. The van der Waals surface area contributed by atoms with Gasteiger partial charge in [0.2, 0.25) is 5.88 Å². The standard InChI is InChI=1S/C14H21FN2OS/c1-14(2,3)19-17-7-5-6-12(17)11-8-10(15)9-16-13(11)18-4/h8-9,12H,5-7H2,1-4H3/t12-/m0/s1. The maximum atomic E-state index is 13.5. The highest BCUT2D eigenvalue weighted by atomic mass is 32.2. The Kier molecular flexibility index (Phi) is 4.36. The molecule has 1 aliphatic heterocycles. The number of hydrogen-bond donors (Lipinski definition) is 0. The largest absolute Gasteiger partial charge is 0.481 e. The fourth-order valence-electron chi connectivity index (χ4n) is 2.36. The van der Waals surface area contributed by atoms with Crippen molar-refractivity contribution in [1.82, 2.24) is 9.29 Å². The van der Waals surface area contributed by atoms with Crippen LogP contribution in [0.15, 0.2) is 12.3 Å².